The minimum atomic E-state index is -1.01. The van der Waals surface area contributed by atoms with Crippen molar-refractivity contribution >= 4 is 5.97 Å². The molecule has 0 saturated carbocycles. The fourth-order valence-corrected chi connectivity index (χ4v) is 1.54. The summed E-state index contributed by atoms with van der Waals surface area (Å²) in [5.74, 6) is -1.01. The Balaban J connectivity index is 3.28. The Morgan fingerprint density at radius 3 is 2.57 bits per heavy atom. The predicted octanol–water partition coefficient (Wildman–Crippen LogP) is 1.99. The van der Waals surface area contributed by atoms with Crippen LogP contribution in [0.1, 0.15) is 27.0 Å². The second-order valence-corrected chi connectivity index (χ2v) is 3.19. The van der Waals surface area contributed by atoms with Gasteiger partial charge in [0.25, 0.3) is 0 Å². The molecule has 0 radical (unpaired) electrons. The van der Waals surface area contributed by atoms with Crippen LogP contribution >= 0.6 is 0 Å². The highest BCUT2D eigenvalue weighted by Crippen LogP contribution is 2.17. The monoisotopic (exact) mass is 196 g/mol. The lowest BCUT2D eigenvalue weighted by Crippen LogP contribution is -2.06. The first-order chi connectivity index (χ1) is 6.56. The lowest BCUT2D eigenvalue weighted by Gasteiger charge is -2.08. The number of aryl methyl sites for hydroxylation is 2. The lowest BCUT2D eigenvalue weighted by molar-refractivity contribution is -0.253. The fourth-order valence-electron chi connectivity index (χ4n) is 1.54. The maximum atomic E-state index is 10.9. The van der Waals surface area contributed by atoms with Crippen molar-refractivity contribution in [1.82, 2.24) is 0 Å². The number of hydrogen-bond acceptors (Lipinski definition) is 3. The van der Waals surface area contributed by atoms with Crippen molar-refractivity contribution < 1.29 is 20.0 Å². The zero-order valence-electron chi connectivity index (χ0n) is 8.07. The van der Waals surface area contributed by atoms with E-state index in [1.165, 1.54) is 0 Å². The van der Waals surface area contributed by atoms with Crippen LogP contribution in [-0.2, 0) is 11.5 Å². The molecule has 0 spiro atoms. The van der Waals surface area contributed by atoms with Gasteiger partial charge >= 0.3 is 5.97 Å². The van der Waals surface area contributed by atoms with Crippen LogP contribution < -0.4 is 0 Å². The van der Waals surface area contributed by atoms with Crippen LogP contribution in [0.25, 0.3) is 0 Å². The molecule has 4 nitrogen and oxygen atoms in total. The molecule has 0 atom stereocenters. The van der Waals surface area contributed by atoms with E-state index in [1.54, 1.807) is 19.1 Å². The van der Waals surface area contributed by atoms with Crippen molar-refractivity contribution in [2.75, 3.05) is 0 Å². The third-order valence-corrected chi connectivity index (χ3v) is 2.00. The first-order valence-corrected chi connectivity index (χ1v) is 4.16. The molecule has 14 heavy (non-hydrogen) atoms. The molecule has 0 unspecified atom stereocenters. The van der Waals surface area contributed by atoms with Crippen LogP contribution in [0.15, 0.2) is 12.1 Å². The Morgan fingerprint density at radius 2 is 2.07 bits per heavy atom. The van der Waals surface area contributed by atoms with E-state index in [9.17, 15) is 4.79 Å². The van der Waals surface area contributed by atoms with Gasteiger partial charge in [-0.15, -0.1) is 0 Å². The molecule has 1 rings (SSSR count). The van der Waals surface area contributed by atoms with Crippen molar-refractivity contribution in [3.05, 3.63) is 34.4 Å². The summed E-state index contributed by atoms with van der Waals surface area (Å²) >= 11 is 0. The number of hydrogen-bond donors (Lipinski definition) is 2. The molecule has 0 saturated heterocycles. The molecular weight excluding hydrogens is 184 g/mol. The van der Waals surface area contributed by atoms with Crippen LogP contribution in [-0.4, -0.2) is 16.3 Å². The average molecular weight is 196 g/mol. The van der Waals surface area contributed by atoms with Crippen LogP contribution in [0.5, 0.6) is 0 Å². The van der Waals surface area contributed by atoms with Gasteiger partial charge in [-0.25, -0.2) is 9.68 Å². The maximum Gasteiger partial charge on any atom is 0.336 e. The van der Waals surface area contributed by atoms with Gasteiger partial charge in [-0.05, 0) is 25.0 Å². The number of carbonyl (C=O) groups is 1. The summed E-state index contributed by atoms with van der Waals surface area (Å²) in [5.41, 5.74) is 2.30. The molecule has 0 aliphatic heterocycles. The molecule has 0 fully saturated rings. The standard InChI is InChI=1S/C10H12O4/c1-6-3-7(2)9(10(11)12)8(4-6)5-14-13/h3-4,13H,5H2,1-2H3,(H,11,12). The third-order valence-electron chi connectivity index (χ3n) is 2.00. The van der Waals surface area contributed by atoms with Gasteiger partial charge in [0, 0.05) is 0 Å². The Kier molecular flexibility index (Phi) is 3.22. The van der Waals surface area contributed by atoms with E-state index in [2.05, 4.69) is 4.89 Å². The van der Waals surface area contributed by atoms with E-state index < -0.39 is 5.97 Å². The van der Waals surface area contributed by atoms with Crippen LogP contribution in [0.3, 0.4) is 0 Å². The molecule has 1 aromatic rings. The van der Waals surface area contributed by atoms with Crippen LogP contribution in [0.4, 0.5) is 0 Å². The van der Waals surface area contributed by atoms with E-state index in [1.807, 2.05) is 6.92 Å². The van der Waals surface area contributed by atoms with Gasteiger partial charge in [-0.3, -0.25) is 5.26 Å². The van der Waals surface area contributed by atoms with Gasteiger partial charge in [0.1, 0.15) is 6.61 Å². The van der Waals surface area contributed by atoms with E-state index in [-0.39, 0.29) is 12.2 Å². The molecular formula is C10H12O4. The largest absolute Gasteiger partial charge is 0.478 e. The maximum absolute atomic E-state index is 10.9. The third kappa shape index (κ3) is 2.10. The Hall–Kier alpha value is -1.39. The van der Waals surface area contributed by atoms with Gasteiger partial charge in [0.2, 0.25) is 0 Å². The van der Waals surface area contributed by atoms with Crippen LogP contribution in [0, 0.1) is 13.8 Å². The summed E-state index contributed by atoms with van der Waals surface area (Å²) in [6.45, 7) is 3.47. The summed E-state index contributed by atoms with van der Waals surface area (Å²) < 4.78 is 0. The van der Waals surface area contributed by atoms with Crippen molar-refractivity contribution in [2.45, 2.75) is 20.5 Å². The van der Waals surface area contributed by atoms with E-state index in [4.69, 9.17) is 10.4 Å². The first kappa shape index (κ1) is 10.7. The van der Waals surface area contributed by atoms with Gasteiger partial charge in [0.15, 0.2) is 0 Å². The number of benzene rings is 1. The van der Waals surface area contributed by atoms with E-state index in [0.717, 1.165) is 5.56 Å². The second-order valence-electron chi connectivity index (χ2n) is 3.19. The molecule has 1 aromatic carbocycles. The number of aromatic carboxylic acids is 1. The molecule has 0 bridgehead atoms. The van der Waals surface area contributed by atoms with Crippen molar-refractivity contribution in [3.63, 3.8) is 0 Å². The lowest BCUT2D eigenvalue weighted by atomic mass is 9.99. The minimum Gasteiger partial charge on any atom is -0.478 e. The molecule has 0 aromatic heterocycles. The highest BCUT2D eigenvalue weighted by molar-refractivity contribution is 5.91. The quantitative estimate of drug-likeness (QED) is 0.573. The van der Waals surface area contributed by atoms with E-state index >= 15 is 0 Å². The van der Waals surface area contributed by atoms with Gasteiger partial charge in [-0.1, -0.05) is 17.7 Å². The fraction of sp³-hybridized carbons (Fsp3) is 0.300. The molecule has 0 amide bonds. The summed E-state index contributed by atoms with van der Waals surface area (Å²) in [7, 11) is 0. The Labute approximate surface area is 81.7 Å². The molecule has 2 N–H and O–H groups in total. The molecule has 4 heteroatoms. The Morgan fingerprint density at radius 1 is 1.43 bits per heavy atom. The van der Waals surface area contributed by atoms with Gasteiger partial charge < -0.3 is 5.11 Å². The smallest absolute Gasteiger partial charge is 0.336 e. The normalized spacial score (nSPS) is 10.2. The van der Waals surface area contributed by atoms with Crippen molar-refractivity contribution in [1.29, 1.82) is 0 Å². The van der Waals surface area contributed by atoms with Gasteiger partial charge in [-0.2, -0.15) is 0 Å². The zero-order chi connectivity index (χ0) is 10.7. The summed E-state index contributed by atoms with van der Waals surface area (Å²) in [5, 5.41) is 17.2. The molecule has 0 aliphatic carbocycles. The topological polar surface area (TPSA) is 66.8 Å². The zero-order valence-corrected chi connectivity index (χ0v) is 8.07. The predicted molar refractivity (Wildman–Crippen MR) is 50.3 cm³/mol. The average Bonchev–Trinajstić information content (AvgIpc) is 2.01. The summed E-state index contributed by atoms with van der Waals surface area (Å²) in [4.78, 5) is 14.9. The molecule has 0 heterocycles. The van der Waals surface area contributed by atoms with Crippen molar-refractivity contribution in [2.24, 2.45) is 0 Å². The highest BCUT2D eigenvalue weighted by atomic mass is 17.1. The van der Waals surface area contributed by atoms with Gasteiger partial charge in [0.05, 0.1) is 5.56 Å². The Bertz CT molecular complexity index is 357. The summed E-state index contributed by atoms with van der Waals surface area (Å²) in [6.07, 6.45) is 0. The van der Waals surface area contributed by atoms with E-state index in [0.29, 0.717) is 11.1 Å². The number of rotatable bonds is 3. The highest BCUT2D eigenvalue weighted by Gasteiger charge is 2.13. The summed E-state index contributed by atoms with van der Waals surface area (Å²) in [6, 6.07) is 3.47. The first-order valence-electron chi connectivity index (χ1n) is 4.16. The SMILES string of the molecule is Cc1cc(C)c(C(=O)O)c(COO)c1. The van der Waals surface area contributed by atoms with Crippen molar-refractivity contribution in [3.8, 4) is 0 Å². The van der Waals surface area contributed by atoms with Crippen LogP contribution in [0.2, 0.25) is 0 Å². The second kappa shape index (κ2) is 4.21. The number of carboxylic acids is 1. The molecule has 0 aliphatic rings. The molecule has 76 valence electrons. The minimum absolute atomic E-state index is 0.107. The number of carboxylic acid groups (broad SMARTS) is 1.